The minimum Gasteiger partial charge on any atom is -0.355 e. The summed E-state index contributed by atoms with van der Waals surface area (Å²) < 4.78 is 2.15. The van der Waals surface area contributed by atoms with E-state index in [4.69, 9.17) is 16.6 Å². The molecule has 0 saturated carbocycles. The fourth-order valence-electron chi connectivity index (χ4n) is 5.47. The maximum Gasteiger partial charge on any atom is 0.233 e. The molecule has 2 aromatic heterocycles. The summed E-state index contributed by atoms with van der Waals surface area (Å²) >= 11 is 7.60. The molecule has 1 amide bonds. The molecular weight excluding hydrogens is 574 g/mol. The maximum atomic E-state index is 13.2. The number of hydrogen-bond acceptors (Lipinski definition) is 5. The number of thioether (sulfide) groups is 1. The Kier molecular flexibility index (Phi) is 8.72. The molecule has 0 aliphatic carbocycles. The third kappa shape index (κ3) is 6.58. The number of rotatable bonds is 10. The van der Waals surface area contributed by atoms with Crippen molar-refractivity contribution in [1.82, 2.24) is 25.1 Å². The van der Waals surface area contributed by atoms with Crippen LogP contribution in [-0.4, -0.2) is 37.5 Å². The number of hydrogen-bond donors (Lipinski definition) is 1. The smallest absolute Gasteiger partial charge is 0.233 e. The lowest BCUT2D eigenvalue weighted by Gasteiger charge is -2.19. The van der Waals surface area contributed by atoms with E-state index < -0.39 is 0 Å². The number of aromatic nitrogens is 4. The zero-order valence-electron chi connectivity index (χ0n) is 24.1. The Bertz CT molecular complexity index is 1840. The molecule has 6 aromatic rings. The van der Waals surface area contributed by atoms with Gasteiger partial charge in [-0.05, 0) is 61.2 Å². The summed E-state index contributed by atoms with van der Waals surface area (Å²) in [6.07, 6.45) is 0.796. The average Bonchev–Trinajstić information content (AvgIpc) is 3.31. The molecule has 1 atom stereocenters. The van der Waals surface area contributed by atoms with Gasteiger partial charge in [0.1, 0.15) is 5.52 Å². The summed E-state index contributed by atoms with van der Waals surface area (Å²) in [6.45, 7) is 5.09. The number of amides is 1. The van der Waals surface area contributed by atoms with Gasteiger partial charge in [-0.3, -0.25) is 4.79 Å². The van der Waals surface area contributed by atoms with Crippen LogP contribution in [0.1, 0.15) is 41.5 Å². The van der Waals surface area contributed by atoms with E-state index in [1.54, 1.807) is 0 Å². The predicted molar refractivity (Wildman–Crippen MR) is 176 cm³/mol. The lowest BCUT2D eigenvalue weighted by Crippen LogP contribution is -2.32. The molecule has 4 aromatic carbocycles. The molecule has 2 heterocycles. The van der Waals surface area contributed by atoms with Gasteiger partial charge in [0.2, 0.25) is 11.1 Å². The largest absolute Gasteiger partial charge is 0.355 e. The van der Waals surface area contributed by atoms with Crippen LogP contribution in [0.15, 0.2) is 108 Å². The van der Waals surface area contributed by atoms with Crippen LogP contribution in [-0.2, 0) is 11.3 Å². The van der Waals surface area contributed by atoms with Crippen LogP contribution in [0.2, 0.25) is 5.02 Å². The predicted octanol–water partition coefficient (Wildman–Crippen LogP) is 7.81. The number of aryl methyl sites for hydroxylation is 1. The van der Waals surface area contributed by atoms with Crippen molar-refractivity contribution in [2.75, 3.05) is 6.54 Å². The zero-order valence-corrected chi connectivity index (χ0v) is 25.6. The van der Waals surface area contributed by atoms with Crippen molar-refractivity contribution >= 4 is 51.3 Å². The van der Waals surface area contributed by atoms with E-state index >= 15 is 0 Å². The van der Waals surface area contributed by atoms with Crippen molar-refractivity contribution in [2.24, 2.45) is 0 Å². The second kappa shape index (κ2) is 13.0. The Morgan fingerprint density at radius 1 is 0.907 bits per heavy atom. The minimum atomic E-state index is -0.390. The standard InChI is InChI=1S/C35H32ClN5OS/c1-23-16-17-31-30(20-23)32-33(41(31)22-25-10-9-15-28(36)21-25)38-35(40-39-32)43-24(2)34(42)37-19-18-29(26-11-5-3-6-12-26)27-13-7-4-8-14-27/h3-17,20-21,24,29H,18-19,22H2,1-2H3,(H,37,42). The van der Waals surface area contributed by atoms with Crippen LogP contribution in [0.5, 0.6) is 0 Å². The SMILES string of the molecule is Cc1ccc2c(c1)c1nnc(SC(C)C(=O)NCCC(c3ccccc3)c3ccccc3)nc1n2Cc1cccc(Cl)c1. The first-order valence-electron chi connectivity index (χ1n) is 14.4. The van der Waals surface area contributed by atoms with Crippen molar-refractivity contribution in [2.45, 2.75) is 43.1 Å². The molecule has 6 nitrogen and oxygen atoms in total. The highest BCUT2D eigenvalue weighted by molar-refractivity contribution is 8.00. The molecule has 0 fully saturated rings. The van der Waals surface area contributed by atoms with Crippen molar-refractivity contribution in [3.63, 3.8) is 0 Å². The van der Waals surface area contributed by atoms with Crippen LogP contribution < -0.4 is 5.32 Å². The Labute approximate surface area is 260 Å². The lowest BCUT2D eigenvalue weighted by molar-refractivity contribution is -0.120. The van der Waals surface area contributed by atoms with Gasteiger partial charge in [0.05, 0.1) is 10.8 Å². The monoisotopic (exact) mass is 605 g/mol. The van der Waals surface area contributed by atoms with Crippen molar-refractivity contribution in [1.29, 1.82) is 0 Å². The van der Waals surface area contributed by atoms with Crippen LogP contribution in [0, 0.1) is 6.92 Å². The Hall–Kier alpha value is -4.20. The van der Waals surface area contributed by atoms with Gasteiger partial charge in [-0.15, -0.1) is 10.2 Å². The van der Waals surface area contributed by atoms with E-state index in [0.29, 0.717) is 23.3 Å². The van der Waals surface area contributed by atoms with Crippen LogP contribution in [0.4, 0.5) is 0 Å². The number of nitrogens with one attached hydrogen (secondary N) is 1. The third-order valence-corrected chi connectivity index (χ3v) is 8.81. The molecule has 1 unspecified atom stereocenters. The first-order valence-corrected chi connectivity index (χ1v) is 15.6. The summed E-state index contributed by atoms with van der Waals surface area (Å²) in [5.74, 6) is 0.148. The summed E-state index contributed by atoms with van der Waals surface area (Å²) in [5.41, 5.74) is 7.19. The third-order valence-electron chi connectivity index (χ3n) is 7.62. The molecule has 1 N–H and O–H groups in total. The average molecular weight is 606 g/mol. The lowest BCUT2D eigenvalue weighted by atomic mass is 9.88. The van der Waals surface area contributed by atoms with E-state index in [1.807, 2.05) is 37.3 Å². The molecule has 216 valence electrons. The second-order valence-corrected chi connectivity index (χ2v) is 12.5. The molecule has 43 heavy (non-hydrogen) atoms. The summed E-state index contributed by atoms with van der Waals surface area (Å²) in [4.78, 5) is 18.1. The van der Waals surface area contributed by atoms with Gasteiger partial charge in [-0.2, -0.15) is 0 Å². The summed E-state index contributed by atoms with van der Waals surface area (Å²) in [5, 5.41) is 13.9. The van der Waals surface area contributed by atoms with Gasteiger partial charge in [0.25, 0.3) is 0 Å². The number of nitrogens with zero attached hydrogens (tertiary/aromatic N) is 4. The topological polar surface area (TPSA) is 72.7 Å². The van der Waals surface area contributed by atoms with Gasteiger partial charge < -0.3 is 9.88 Å². The fraction of sp³-hybridized carbons (Fsp3) is 0.200. The molecule has 8 heteroatoms. The molecule has 0 aliphatic heterocycles. The number of benzene rings is 4. The quantitative estimate of drug-likeness (QED) is 0.161. The molecular formula is C35H32ClN5OS. The van der Waals surface area contributed by atoms with Gasteiger partial charge in [-0.25, -0.2) is 4.98 Å². The van der Waals surface area contributed by atoms with Crippen LogP contribution in [0.3, 0.4) is 0 Å². The minimum absolute atomic E-state index is 0.0522. The molecule has 0 spiro atoms. The van der Waals surface area contributed by atoms with Gasteiger partial charge in [0.15, 0.2) is 5.65 Å². The first kappa shape index (κ1) is 28.9. The summed E-state index contributed by atoms with van der Waals surface area (Å²) in [6, 6.07) is 35.0. The Morgan fingerprint density at radius 3 is 2.33 bits per heavy atom. The highest BCUT2D eigenvalue weighted by atomic mass is 35.5. The number of halogens is 1. The van der Waals surface area contributed by atoms with E-state index in [1.165, 1.54) is 22.9 Å². The van der Waals surface area contributed by atoms with Crippen LogP contribution >= 0.6 is 23.4 Å². The van der Waals surface area contributed by atoms with Crippen molar-refractivity contribution in [3.8, 4) is 0 Å². The van der Waals surface area contributed by atoms with E-state index in [2.05, 4.69) is 99.8 Å². The van der Waals surface area contributed by atoms with E-state index in [-0.39, 0.29) is 17.1 Å². The van der Waals surface area contributed by atoms with Gasteiger partial charge in [0, 0.05) is 29.4 Å². The zero-order chi connectivity index (χ0) is 29.8. The van der Waals surface area contributed by atoms with Gasteiger partial charge in [-0.1, -0.05) is 108 Å². The highest BCUT2D eigenvalue weighted by Crippen LogP contribution is 2.31. The number of fused-ring (bicyclic) bond motifs is 3. The molecule has 0 bridgehead atoms. The second-order valence-electron chi connectivity index (χ2n) is 10.7. The molecule has 6 rings (SSSR count). The first-order chi connectivity index (χ1) is 21.0. The molecule has 0 aliphatic rings. The molecule has 0 saturated heterocycles. The van der Waals surface area contributed by atoms with Crippen LogP contribution in [0.25, 0.3) is 22.1 Å². The number of carbonyl (C=O) groups excluding carboxylic acids is 1. The van der Waals surface area contributed by atoms with E-state index in [0.717, 1.165) is 39.6 Å². The van der Waals surface area contributed by atoms with Crippen molar-refractivity contribution in [3.05, 3.63) is 130 Å². The molecule has 0 radical (unpaired) electrons. The number of carbonyl (C=O) groups is 1. The summed E-state index contributed by atoms with van der Waals surface area (Å²) in [7, 11) is 0. The normalized spacial score (nSPS) is 12.2. The van der Waals surface area contributed by atoms with Crippen molar-refractivity contribution < 1.29 is 4.79 Å². The fourth-order valence-corrected chi connectivity index (χ4v) is 6.42. The van der Waals surface area contributed by atoms with E-state index in [9.17, 15) is 4.79 Å². The Balaban J connectivity index is 1.19. The Morgan fingerprint density at radius 2 is 1.63 bits per heavy atom. The maximum absolute atomic E-state index is 13.2. The van der Waals surface area contributed by atoms with Gasteiger partial charge >= 0.3 is 0 Å². The highest BCUT2D eigenvalue weighted by Gasteiger charge is 2.21.